The number of ether oxygens (including phenoxy) is 2. The average Bonchev–Trinajstić information content (AvgIpc) is 2.87. The van der Waals surface area contributed by atoms with Crippen LogP contribution in [-0.2, 0) is 9.47 Å². The fourth-order valence-electron chi connectivity index (χ4n) is 3.25. The maximum atomic E-state index is 6.17. The van der Waals surface area contributed by atoms with Crippen molar-refractivity contribution < 1.29 is 9.47 Å². The quantitative estimate of drug-likeness (QED) is 0.804. The summed E-state index contributed by atoms with van der Waals surface area (Å²) in [6.45, 7) is 9.78. The van der Waals surface area contributed by atoms with E-state index in [1.807, 2.05) is 0 Å². The molecule has 1 aliphatic heterocycles. The summed E-state index contributed by atoms with van der Waals surface area (Å²) >= 11 is 0. The maximum Gasteiger partial charge on any atom is 0.0700 e. The largest absolute Gasteiger partial charge is 0.377 e. The predicted octanol–water partition coefficient (Wildman–Crippen LogP) is 2.98. The summed E-state index contributed by atoms with van der Waals surface area (Å²) < 4.78 is 11.8. The molecule has 19 heavy (non-hydrogen) atoms. The van der Waals surface area contributed by atoms with Gasteiger partial charge >= 0.3 is 0 Å². The lowest BCUT2D eigenvalue weighted by molar-refractivity contribution is -0.0391. The second-order valence-electron chi connectivity index (χ2n) is 6.63. The Balaban J connectivity index is 1.57. The number of rotatable bonds is 6. The van der Waals surface area contributed by atoms with E-state index in [0.29, 0.717) is 18.3 Å². The summed E-state index contributed by atoms with van der Waals surface area (Å²) in [6, 6.07) is 0. The summed E-state index contributed by atoms with van der Waals surface area (Å²) in [6.07, 6.45) is 7.44. The lowest BCUT2D eigenvalue weighted by Crippen LogP contribution is -2.36. The molecule has 5 unspecified atom stereocenters. The highest BCUT2D eigenvalue weighted by Crippen LogP contribution is 2.31. The van der Waals surface area contributed by atoms with Gasteiger partial charge in [0.05, 0.1) is 18.3 Å². The van der Waals surface area contributed by atoms with Crippen LogP contribution in [0.5, 0.6) is 0 Å². The Bertz CT molecular complexity index is 253. The Labute approximate surface area is 118 Å². The van der Waals surface area contributed by atoms with Gasteiger partial charge in [0, 0.05) is 19.7 Å². The van der Waals surface area contributed by atoms with Gasteiger partial charge in [0.25, 0.3) is 0 Å². The molecule has 1 N–H and O–H groups in total. The van der Waals surface area contributed by atoms with Crippen LogP contribution >= 0.6 is 0 Å². The van der Waals surface area contributed by atoms with E-state index in [4.69, 9.17) is 9.47 Å². The first kappa shape index (κ1) is 15.3. The Morgan fingerprint density at radius 3 is 2.74 bits per heavy atom. The monoisotopic (exact) mass is 269 g/mol. The molecule has 2 fully saturated rings. The van der Waals surface area contributed by atoms with Crippen molar-refractivity contribution >= 4 is 0 Å². The van der Waals surface area contributed by atoms with Crippen molar-refractivity contribution in [2.45, 2.75) is 71.2 Å². The van der Waals surface area contributed by atoms with E-state index in [0.717, 1.165) is 31.5 Å². The highest BCUT2D eigenvalue weighted by molar-refractivity contribution is 4.77. The van der Waals surface area contributed by atoms with Crippen molar-refractivity contribution in [3.8, 4) is 0 Å². The average molecular weight is 269 g/mol. The van der Waals surface area contributed by atoms with Gasteiger partial charge in [-0.2, -0.15) is 0 Å². The molecular weight excluding hydrogens is 238 g/mol. The Morgan fingerprint density at radius 2 is 2.05 bits per heavy atom. The van der Waals surface area contributed by atoms with Crippen molar-refractivity contribution in [2.75, 3.05) is 19.7 Å². The molecule has 3 nitrogen and oxygen atoms in total. The van der Waals surface area contributed by atoms with Gasteiger partial charge in [-0.3, -0.25) is 0 Å². The van der Waals surface area contributed by atoms with E-state index >= 15 is 0 Å². The SMILES string of the molecule is CC(CNCC1CCCO1)OC1CCC(C)C(C)C1. The zero-order valence-corrected chi connectivity index (χ0v) is 12.9. The molecular formula is C16H31NO2. The molecule has 0 bridgehead atoms. The molecule has 0 radical (unpaired) electrons. The van der Waals surface area contributed by atoms with Gasteiger partial charge < -0.3 is 14.8 Å². The summed E-state index contributed by atoms with van der Waals surface area (Å²) in [5.41, 5.74) is 0. The maximum absolute atomic E-state index is 6.17. The van der Waals surface area contributed by atoms with E-state index in [1.165, 1.54) is 32.1 Å². The first-order chi connectivity index (χ1) is 9.15. The predicted molar refractivity (Wildman–Crippen MR) is 78.4 cm³/mol. The van der Waals surface area contributed by atoms with Crippen LogP contribution in [0.3, 0.4) is 0 Å². The Morgan fingerprint density at radius 1 is 1.21 bits per heavy atom. The molecule has 5 atom stereocenters. The van der Waals surface area contributed by atoms with Gasteiger partial charge in [0.2, 0.25) is 0 Å². The lowest BCUT2D eigenvalue weighted by Gasteiger charge is -2.33. The molecule has 112 valence electrons. The second-order valence-corrected chi connectivity index (χ2v) is 6.63. The standard InChI is InChI=1S/C16H31NO2/c1-12-6-7-15(9-13(12)2)19-14(3)10-17-11-16-5-4-8-18-16/h12-17H,4-11H2,1-3H3. The first-order valence-electron chi connectivity index (χ1n) is 8.13. The van der Waals surface area contributed by atoms with Crippen molar-refractivity contribution in [1.82, 2.24) is 5.32 Å². The van der Waals surface area contributed by atoms with Crippen LogP contribution < -0.4 is 5.32 Å². The van der Waals surface area contributed by atoms with Crippen LogP contribution in [0.25, 0.3) is 0 Å². The fraction of sp³-hybridized carbons (Fsp3) is 1.00. The van der Waals surface area contributed by atoms with E-state index < -0.39 is 0 Å². The zero-order chi connectivity index (χ0) is 13.7. The number of hydrogen-bond donors (Lipinski definition) is 1. The highest BCUT2D eigenvalue weighted by Gasteiger charge is 2.26. The molecule has 0 aromatic carbocycles. The first-order valence-corrected chi connectivity index (χ1v) is 8.13. The summed E-state index contributed by atoms with van der Waals surface area (Å²) in [5.74, 6) is 1.68. The van der Waals surface area contributed by atoms with Crippen LogP contribution in [0.1, 0.15) is 52.9 Å². The minimum Gasteiger partial charge on any atom is -0.377 e. The third-order valence-electron chi connectivity index (χ3n) is 4.80. The Hall–Kier alpha value is -0.120. The van der Waals surface area contributed by atoms with E-state index in [9.17, 15) is 0 Å². The second kappa shape index (κ2) is 7.61. The molecule has 0 spiro atoms. The highest BCUT2D eigenvalue weighted by atomic mass is 16.5. The van der Waals surface area contributed by atoms with Crippen molar-refractivity contribution in [1.29, 1.82) is 0 Å². The lowest BCUT2D eigenvalue weighted by atomic mass is 9.80. The normalized spacial score (nSPS) is 37.4. The van der Waals surface area contributed by atoms with Crippen molar-refractivity contribution in [2.24, 2.45) is 11.8 Å². The zero-order valence-electron chi connectivity index (χ0n) is 12.9. The van der Waals surface area contributed by atoms with Gasteiger partial charge in [-0.1, -0.05) is 13.8 Å². The summed E-state index contributed by atoms with van der Waals surface area (Å²) in [4.78, 5) is 0. The third kappa shape index (κ3) is 5.05. The van der Waals surface area contributed by atoms with E-state index in [1.54, 1.807) is 0 Å². The number of hydrogen-bond acceptors (Lipinski definition) is 3. The minimum absolute atomic E-state index is 0.312. The smallest absolute Gasteiger partial charge is 0.0700 e. The van der Waals surface area contributed by atoms with E-state index in [-0.39, 0.29) is 0 Å². The fourth-order valence-corrected chi connectivity index (χ4v) is 3.25. The molecule has 2 aliphatic rings. The van der Waals surface area contributed by atoms with Crippen molar-refractivity contribution in [3.63, 3.8) is 0 Å². The summed E-state index contributed by atoms with van der Waals surface area (Å²) in [7, 11) is 0. The topological polar surface area (TPSA) is 30.5 Å². The molecule has 2 rings (SSSR count). The van der Waals surface area contributed by atoms with Gasteiger partial charge in [-0.05, 0) is 50.9 Å². The summed E-state index contributed by atoms with van der Waals surface area (Å²) in [5, 5.41) is 3.49. The molecule has 1 saturated heterocycles. The molecule has 0 amide bonds. The molecule has 3 heteroatoms. The molecule has 0 aromatic rings. The van der Waals surface area contributed by atoms with Gasteiger partial charge in [0.15, 0.2) is 0 Å². The van der Waals surface area contributed by atoms with Crippen LogP contribution in [0.2, 0.25) is 0 Å². The van der Waals surface area contributed by atoms with Crippen LogP contribution in [-0.4, -0.2) is 38.0 Å². The van der Waals surface area contributed by atoms with Crippen molar-refractivity contribution in [3.05, 3.63) is 0 Å². The molecule has 1 saturated carbocycles. The third-order valence-corrected chi connectivity index (χ3v) is 4.80. The van der Waals surface area contributed by atoms with Crippen LogP contribution in [0, 0.1) is 11.8 Å². The van der Waals surface area contributed by atoms with Crippen LogP contribution in [0.4, 0.5) is 0 Å². The molecule has 1 aliphatic carbocycles. The molecule has 1 heterocycles. The van der Waals surface area contributed by atoms with Gasteiger partial charge in [0.1, 0.15) is 0 Å². The van der Waals surface area contributed by atoms with Gasteiger partial charge in [-0.15, -0.1) is 0 Å². The molecule has 0 aromatic heterocycles. The van der Waals surface area contributed by atoms with Crippen LogP contribution in [0.15, 0.2) is 0 Å². The Kier molecular flexibility index (Phi) is 6.11. The minimum atomic E-state index is 0.312. The number of nitrogens with one attached hydrogen (secondary N) is 1. The van der Waals surface area contributed by atoms with Gasteiger partial charge in [-0.25, -0.2) is 0 Å². The van der Waals surface area contributed by atoms with E-state index in [2.05, 4.69) is 26.1 Å².